The van der Waals surface area contributed by atoms with E-state index in [2.05, 4.69) is 5.32 Å². The maximum Gasteiger partial charge on any atom is 0.215 e. The average molecular weight is 270 g/mol. The van der Waals surface area contributed by atoms with Gasteiger partial charge in [-0.15, -0.1) is 0 Å². The van der Waals surface area contributed by atoms with E-state index in [0.29, 0.717) is 6.54 Å². The molecule has 0 amide bonds. The van der Waals surface area contributed by atoms with E-state index in [9.17, 15) is 16.8 Å². The maximum absolute atomic E-state index is 11.8. The molecule has 0 aromatic heterocycles. The lowest BCUT2D eigenvalue weighted by atomic mass is 10.3. The fourth-order valence-corrected chi connectivity index (χ4v) is 4.55. The summed E-state index contributed by atoms with van der Waals surface area (Å²) in [7, 11) is -5.19. The molecule has 1 saturated heterocycles. The van der Waals surface area contributed by atoms with Crippen LogP contribution in [0, 0.1) is 0 Å². The van der Waals surface area contributed by atoms with Gasteiger partial charge in [0.2, 0.25) is 10.0 Å². The van der Waals surface area contributed by atoms with Crippen molar-refractivity contribution < 1.29 is 16.8 Å². The van der Waals surface area contributed by atoms with Crippen LogP contribution in [0.4, 0.5) is 0 Å². The van der Waals surface area contributed by atoms with Crippen LogP contribution in [0.2, 0.25) is 0 Å². The number of rotatable bonds is 5. The van der Waals surface area contributed by atoms with E-state index < -0.39 is 19.9 Å². The van der Waals surface area contributed by atoms with Gasteiger partial charge in [0.1, 0.15) is 9.84 Å². The van der Waals surface area contributed by atoms with Gasteiger partial charge in [-0.25, -0.2) is 21.1 Å². The van der Waals surface area contributed by atoms with Gasteiger partial charge >= 0.3 is 0 Å². The van der Waals surface area contributed by atoms with E-state index in [4.69, 9.17) is 0 Å². The molecule has 1 fully saturated rings. The van der Waals surface area contributed by atoms with Gasteiger partial charge in [0, 0.05) is 25.9 Å². The SMILES string of the molecule is CN(C1CCNC1)S(=O)(=O)CCS(C)(=O)=O. The van der Waals surface area contributed by atoms with Crippen molar-refractivity contribution in [1.82, 2.24) is 9.62 Å². The molecule has 0 aliphatic carbocycles. The molecular formula is C8H18N2O4S2. The van der Waals surface area contributed by atoms with E-state index in [0.717, 1.165) is 19.2 Å². The van der Waals surface area contributed by atoms with Gasteiger partial charge in [-0.2, -0.15) is 0 Å². The number of likely N-dealkylation sites (N-methyl/N-ethyl adjacent to an activating group) is 1. The standard InChI is InChI=1S/C8H18N2O4S2/c1-10(8-3-4-9-7-8)16(13,14)6-5-15(2,11)12/h8-9H,3-7H2,1-2H3. The van der Waals surface area contributed by atoms with Gasteiger partial charge in [0.15, 0.2) is 0 Å². The van der Waals surface area contributed by atoms with Crippen LogP contribution < -0.4 is 5.32 Å². The van der Waals surface area contributed by atoms with Crippen molar-refractivity contribution in [1.29, 1.82) is 0 Å². The molecule has 6 nitrogen and oxygen atoms in total. The first-order chi connectivity index (χ1) is 7.22. The van der Waals surface area contributed by atoms with Crippen molar-refractivity contribution in [3.63, 3.8) is 0 Å². The quantitative estimate of drug-likeness (QED) is 0.668. The zero-order valence-electron chi connectivity index (χ0n) is 9.51. The maximum atomic E-state index is 11.8. The Labute approximate surface area is 97.0 Å². The van der Waals surface area contributed by atoms with Crippen LogP contribution in [-0.4, -0.2) is 65.1 Å². The number of nitrogens with zero attached hydrogens (tertiary/aromatic N) is 1. The summed E-state index contributed by atoms with van der Waals surface area (Å²) in [6.07, 6.45) is 1.81. The summed E-state index contributed by atoms with van der Waals surface area (Å²) in [6.45, 7) is 1.44. The molecule has 0 aromatic carbocycles. The summed E-state index contributed by atoms with van der Waals surface area (Å²) in [5, 5.41) is 3.07. The van der Waals surface area contributed by atoms with Crippen molar-refractivity contribution in [3.8, 4) is 0 Å². The van der Waals surface area contributed by atoms with E-state index in [1.165, 1.54) is 11.4 Å². The lowest BCUT2D eigenvalue weighted by Gasteiger charge is -2.22. The second kappa shape index (κ2) is 4.99. The topological polar surface area (TPSA) is 83.6 Å². The third-order valence-corrected chi connectivity index (χ3v) is 5.80. The molecule has 0 bridgehead atoms. The Morgan fingerprint density at radius 2 is 1.88 bits per heavy atom. The van der Waals surface area contributed by atoms with Crippen LogP contribution in [-0.2, 0) is 19.9 Å². The normalized spacial score (nSPS) is 22.8. The van der Waals surface area contributed by atoms with Crippen LogP contribution in [0.1, 0.15) is 6.42 Å². The van der Waals surface area contributed by atoms with Crippen LogP contribution in [0.5, 0.6) is 0 Å². The molecule has 1 aliphatic heterocycles. The molecule has 1 heterocycles. The van der Waals surface area contributed by atoms with Gasteiger partial charge in [-0.3, -0.25) is 0 Å². The predicted molar refractivity (Wildman–Crippen MR) is 62.5 cm³/mol. The van der Waals surface area contributed by atoms with Crippen molar-refractivity contribution in [3.05, 3.63) is 0 Å². The molecule has 1 unspecified atom stereocenters. The van der Waals surface area contributed by atoms with Gasteiger partial charge in [0.05, 0.1) is 11.5 Å². The highest BCUT2D eigenvalue weighted by atomic mass is 32.2. The molecule has 1 N–H and O–H groups in total. The summed E-state index contributed by atoms with van der Waals surface area (Å²) < 4.78 is 46.7. The van der Waals surface area contributed by atoms with Crippen LogP contribution in [0.25, 0.3) is 0 Å². The molecule has 0 aromatic rings. The highest BCUT2D eigenvalue weighted by Crippen LogP contribution is 2.11. The Bertz CT molecular complexity index is 423. The molecule has 0 radical (unpaired) electrons. The minimum absolute atomic E-state index is 0.0513. The largest absolute Gasteiger partial charge is 0.315 e. The molecule has 0 spiro atoms. The Morgan fingerprint density at radius 3 is 2.31 bits per heavy atom. The Balaban J connectivity index is 2.62. The monoisotopic (exact) mass is 270 g/mol. The zero-order chi connectivity index (χ0) is 12.4. The third-order valence-electron chi connectivity index (χ3n) is 2.70. The van der Waals surface area contributed by atoms with Gasteiger partial charge in [-0.05, 0) is 13.0 Å². The molecule has 1 aliphatic rings. The number of nitrogens with one attached hydrogen (secondary N) is 1. The zero-order valence-corrected chi connectivity index (χ0v) is 11.1. The Hall–Kier alpha value is -0.180. The first-order valence-electron chi connectivity index (χ1n) is 5.06. The molecule has 0 saturated carbocycles. The number of hydrogen-bond acceptors (Lipinski definition) is 5. The lowest BCUT2D eigenvalue weighted by molar-refractivity contribution is 0.388. The summed E-state index contributed by atoms with van der Waals surface area (Å²) in [5.74, 6) is -0.654. The summed E-state index contributed by atoms with van der Waals surface area (Å²) in [5.41, 5.74) is 0. The minimum Gasteiger partial charge on any atom is -0.315 e. The Kier molecular flexibility index (Phi) is 4.33. The molecule has 1 rings (SSSR count). The second-order valence-electron chi connectivity index (χ2n) is 4.11. The third kappa shape index (κ3) is 4.00. The van der Waals surface area contributed by atoms with Gasteiger partial charge in [0.25, 0.3) is 0 Å². The van der Waals surface area contributed by atoms with Crippen molar-refractivity contribution in [2.24, 2.45) is 0 Å². The van der Waals surface area contributed by atoms with Crippen LogP contribution >= 0.6 is 0 Å². The number of hydrogen-bond donors (Lipinski definition) is 1. The van der Waals surface area contributed by atoms with Crippen molar-refractivity contribution in [2.75, 3.05) is 37.9 Å². The predicted octanol–water partition coefficient (Wildman–Crippen LogP) is -1.35. The van der Waals surface area contributed by atoms with E-state index in [1.54, 1.807) is 0 Å². The molecule has 1 atom stereocenters. The molecule has 96 valence electrons. The minimum atomic E-state index is -3.46. The average Bonchev–Trinajstić information content (AvgIpc) is 2.65. The lowest BCUT2D eigenvalue weighted by Crippen LogP contribution is -2.40. The van der Waals surface area contributed by atoms with Gasteiger partial charge in [-0.1, -0.05) is 0 Å². The smallest absolute Gasteiger partial charge is 0.215 e. The van der Waals surface area contributed by atoms with E-state index in [1.807, 2.05) is 0 Å². The van der Waals surface area contributed by atoms with Crippen LogP contribution in [0.15, 0.2) is 0 Å². The molecule has 16 heavy (non-hydrogen) atoms. The fraction of sp³-hybridized carbons (Fsp3) is 1.00. The first kappa shape index (κ1) is 13.9. The number of sulfonamides is 1. The van der Waals surface area contributed by atoms with E-state index in [-0.39, 0.29) is 17.5 Å². The van der Waals surface area contributed by atoms with Gasteiger partial charge < -0.3 is 5.32 Å². The summed E-state index contributed by atoms with van der Waals surface area (Å²) >= 11 is 0. The molecular weight excluding hydrogens is 252 g/mol. The first-order valence-corrected chi connectivity index (χ1v) is 8.73. The van der Waals surface area contributed by atoms with Crippen LogP contribution in [0.3, 0.4) is 0 Å². The van der Waals surface area contributed by atoms with Crippen molar-refractivity contribution in [2.45, 2.75) is 12.5 Å². The molecule has 8 heteroatoms. The second-order valence-corrected chi connectivity index (χ2v) is 8.52. The fourth-order valence-electron chi connectivity index (χ4n) is 1.58. The highest BCUT2D eigenvalue weighted by molar-refractivity contribution is 7.93. The Morgan fingerprint density at radius 1 is 1.25 bits per heavy atom. The summed E-state index contributed by atoms with van der Waals surface area (Å²) in [4.78, 5) is 0. The van der Waals surface area contributed by atoms with E-state index >= 15 is 0 Å². The highest BCUT2D eigenvalue weighted by Gasteiger charge is 2.28. The van der Waals surface area contributed by atoms with Crippen molar-refractivity contribution >= 4 is 19.9 Å². The number of sulfone groups is 1. The summed E-state index contributed by atoms with van der Waals surface area (Å²) in [6, 6.07) is -0.0513.